The second kappa shape index (κ2) is 14.9. The van der Waals surface area contributed by atoms with Crippen LogP contribution in [0.3, 0.4) is 0 Å². The van der Waals surface area contributed by atoms with Crippen molar-refractivity contribution in [2.75, 3.05) is 13.2 Å². The smallest absolute Gasteiger partial charge is 0.342 e. The molecule has 0 saturated heterocycles. The molecule has 0 bridgehead atoms. The second-order valence-electron chi connectivity index (χ2n) is 9.73. The van der Waals surface area contributed by atoms with Crippen molar-refractivity contribution in [2.45, 2.75) is 65.2 Å². The van der Waals surface area contributed by atoms with Gasteiger partial charge in [0.15, 0.2) is 0 Å². The second-order valence-corrected chi connectivity index (χ2v) is 9.73. The molecule has 2 N–H and O–H groups in total. The zero-order valence-corrected chi connectivity index (χ0v) is 22.9. The SMILES string of the molecule is CCCCOC(=O)c1cc(OC(=O)C2CCC(C(=O)Oc3ccc(O)c(C(=O)OCCCC)c3)CC2)ccc1O. The molecule has 1 aliphatic carbocycles. The number of carbonyl (C=O) groups excluding carboxylic acids is 4. The van der Waals surface area contributed by atoms with Crippen molar-refractivity contribution >= 4 is 23.9 Å². The molecule has 0 amide bonds. The molecule has 10 nitrogen and oxygen atoms in total. The molecule has 2 aromatic rings. The van der Waals surface area contributed by atoms with Gasteiger partial charge in [0.05, 0.1) is 25.0 Å². The normalized spacial score (nSPS) is 16.6. The number of aromatic hydroxyl groups is 2. The predicted molar refractivity (Wildman–Crippen MR) is 143 cm³/mol. The van der Waals surface area contributed by atoms with Crippen molar-refractivity contribution in [1.29, 1.82) is 0 Å². The van der Waals surface area contributed by atoms with Crippen LogP contribution in [0.25, 0.3) is 0 Å². The van der Waals surface area contributed by atoms with Crippen LogP contribution in [-0.2, 0) is 19.1 Å². The number of carbonyl (C=O) groups is 4. The summed E-state index contributed by atoms with van der Waals surface area (Å²) in [6.45, 7) is 4.37. The van der Waals surface area contributed by atoms with Crippen LogP contribution in [0.1, 0.15) is 85.9 Å². The Hall–Kier alpha value is -4.08. The summed E-state index contributed by atoms with van der Waals surface area (Å²) in [5.74, 6) is -3.59. The van der Waals surface area contributed by atoms with Gasteiger partial charge in [-0.2, -0.15) is 0 Å². The first-order valence-corrected chi connectivity index (χ1v) is 13.7. The van der Waals surface area contributed by atoms with Crippen molar-refractivity contribution in [3.05, 3.63) is 47.5 Å². The monoisotopic (exact) mass is 556 g/mol. The molecule has 2 aromatic carbocycles. The third-order valence-electron chi connectivity index (χ3n) is 6.67. The maximum absolute atomic E-state index is 12.8. The lowest BCUT2D eigenvalue weighted by atomic mass is 9.82. The molecule has 0 aromatic heterocycles. The summed E-state index contributed by atoms with van der Waals surface area (Å²) in [6.07, 6.45) is 4.68. The molecule has 1 fully saturated rings. The first-order valence-electron chi connectivity index (χ1n) is 13.7. The first kappa shape index (κ1) is 30.5. The Kier molecular flexibility index (Phi) is 11.4. The molecule has 216 valence electrons. The minimum absolute atomic E-state index is 0.0838. The zero-order valence-electron chi connectivity index (χ0n) is 22.9. The van der Waals surface area contributed by atoms with Crippen LogP contribution in [0.5, 0.6) is 23.0 Å². The predicted octanol–water partition coefficient (Wildman–Crippen LogP) is 5.33. The van der Waals surface area contributed by atoms with E-state index in [9.17, 15) is 29.4 Å². The van der Waals surface area contributed by atoms with E-state index >= 15 is 0 Å². The van der Waals surface area contributed by atoms with Crippen molar-refractivity contribution < 1.29 is 48.3 Å². The molecule has 0 aliphatic heterocycles. The van der Waals surface area contributed by atoms with Crippen LogP contribution >= 0.6 is 0 Å². The standard InChI is InChI=1S/C30H36O10/c1-3-5-15-37-29(35)23-17-21(11-13-25(23)31)39-27(33)19-7-9-20(10-8-19)28(34)40-22-12-14-26(32)24(18-22)30(36)38-16-6-4-2/h11-14,17-20,31-32H,3-10,15-16H2,1-2H3. The molecule has 0 radical (unpaired) electrons. The molecule has 10 heteroatoms. The average Bonchev–Trinajstić information content (AvgIpc) is 2.95. The van der Waals surface area contributed by atoms with E-state index in [2.05, 4.69) is 0 Å². The van der Waals surface area contributed by atoms with Gasteiger partial charge in [-0.15, -0.1) is 0 Å². The van der Waals surface area contributed by atoms with Crippen LogP contribution < -0.4 is 9.47 Å². The Balaban J connectivity index is 1.52. The molecular formula is C30H36O10. The summed E-state index contributed by atoms with van der Waals surface area (Å²) >= 11 is 0. The fourth-order valence-electron chi connectivity index (χ4n) is 4.22. The van der Waals surface area contributed by atoms with Gasteiger partial charge in [-0.25, -0.2) is 9.59 Å². The summed E-state index contributed by atoms with van der Waals surface area (Å²) < 4.78 is 21.2. The zero-order chi connectivity index (χ0) is 29.1. The topological polar surface area (TPSA) is 146 Å². The van der Waals surface area contributed by atoms with E-state index < -0.39 is 35.7 Å². The summed E-state index contributed by atoms with van der Waals surface area (Å²) in [7, 11) is 0. The van der Waals surface area contributed by atoms with Gasteiger partial charge in [0.25, 0.3) is 0 Å². The average molecular weight is 557 g/mol. The van der Waals surface area contributed by atoms with E-state index in [1.807, 2.05) is 13.8 Å². The van der Waals surface area contributed by atoms with Crippen LogP contribution in [-0.4, -0.2) is 47.3 Å². The number of benzene rings is 2. The molecular weight excluding hydrogens is 520 g/mol. The molecule has 3 rings (SSSR count). The summed E-state index contributed by atoms with van der Waals surface area (Å²) in [6, 6.07) is 7.87. The molecule has 40 heavy (non-hydrogen) atoms. The third-order valence-corrected chi connectivity index (χ3v) is 6.67. The third kappa shape index (κ3) is 8.46. The highest BCUT2D eigenvalue weighted by atomic mass is 16.5. The Morgan fingerprint density at radius 2 is 1.05 bits per heavy atom. The van der Waals surface area contributed by atoms with Gasteiger partial charge in [0, 0.05) is 0 Å². The Bertz CT molecular complexity index is 1100. The number of hydrogen-bond acceptors (Lipinski definition) is 10. The Morgan fingerprint density at radius 1 is 0.675 bits per heavy atom. The lowest BCUT2D eigenvalue weighted by Crippen LogP contribution is -2.30. The molecule has 0 atom stereocenters. The van der Waals surface area contributed by atoms with E-state index in [0.29, 0.717) is 38.5 Å². The number of phenols is 2. The van der Waals surface area contributed by atoms with Gasteiger partial charge in [0.2, 0.25) is 0 Å². The first-order chi connectivity index (χ1) is 19.2. The van der Waals surface area contributed by atoms with Crippen molar-refractivity contribution in [3.8, 4) is 23.0 Å². The lowest BCUT2D eigenvalue weighted by Gasteiger charge is -2.26. The number of unbranched alkanes of at least 4 members (excludes halogenated alkanes) is 2. The van der Waals surface area contributed by atoms with E-state index in [0.717, 1.165) is 12.8 Å². The fourth-order valence-corrected chi connectivity index (χ4v) is 4.22. The van der Waals surface area contributed by atoms with E-state index in [4.69, 9.17) is 18.9 Å². The number of hydrogen-bond donors (Lipinski definition) is 2. The highest BCUT2D eigenvalue weighted by Crippen LogP contribution is 2.33. The van der Waals surface area contributed by atoms with Gasteiger partial charge in [0.1, 0.15) is 34.1 Å². The van der Waals surface area contributed by atoms with Crippen LogP contribution in [0.2, 0.25) is 0 Å². The molecule has 1 aliphatic rings. The molecule has 0 unspecified atom stereocenters. The van der Waals surface area contributed by atoms with Crippen LogP contribution in [0, 0.1) is 11.8 Å². The fraction of sp³-hybridized carbons (Fsp3) is 0.467. The van der Waals surface area contributed by atoms with Gasteiger partial charge >= 0.3 is 23.9 Å². The van der Waals surface area contributed by atoms with Crippen LogP contribution in [0.4, 0.5) is 0 Å². The summed E-state index contributed by atoms with van der Waals surface area (Å²) in [5, 5.41) is 20.0. The summed E-state index contributed by atoms with van der Waals surface area (Å²) in [5.41, 5.74) is -0.168. The maximum atomic E-state index is 12.8. The Labute approximate surface area is 233 Å². The maximum Gasteiger partial charge on any atom is 0.342 e. The lowest BCUT2D eigenvalue weighted by molar-refractivity contribution is -0.145. The largest absolute Gasteiger partial charge is 0.507 e. The minimum Gasteiger partial charge on any atom is -0.507 e. The number of ether oxygens (including phenoxy) is 4. The number of rotatable bonds is 12. The quantitative estimate of drug-likeness (QED) is 0.200. The van der Waals surface area contributed by atoms with Gasteiger partial charge < -0.3 is 29.2 Å². The van der Waals surface area contributed by atoms with Crippen molar-refractivity contribution in [3.63, 3.8) is 0 Å². The molecule has 0 heterocycles. The Morgan fingerprint density at radius 3 is 1.40 bits per heavy atom. The number of phenolic OH excluding ortho intramolecular Hbond substituents is 2. The van der Waals surface area contributed by atoms with Gasteiger partial charge in [-0.05, 0) is 74.9 Å². The van der Waals surface area contributed by atoms with Crippen molar-refractivity contribution in [1.82, 2.24) is 0 Å². The summed E-state index contributed by atoms with van der Waals surface area (Å²) in [4.78, 5) is 50.0. The minimum atomic E-state index is -0.697. The van der Waals surface area contributed by atoms with E-state index in [-0.39, 0.29) is 47.3 Å². The van der Waals surface area contributed by atoms with Gasteiger partial charge in [-0.3, -0.25) is 9.59 Å². The number of esters is 4. The highest BCUT2D eigenvalue weighted by Gasteiger charge is 2.32. The molecule has 1 saturated carbocycles. The van der Waals surface area contributed by atoms with Crippen molar-refractivity contribution in [2.24, 2.45) is 11.8 Å². The van der Waals surface area contributed by atoms with Crippen LogP contribution in [0.15, 0.2) is 36.4 Å². The van der Waals surface area contributed by atoms with Gasteiger partial charge in [-0.1, -0.05) is 26.7 Å². The van der Waals surface area contributed by atoms with E-state index in [1.54, 1.807) is 0 Å². The van der Waals surface area contributed by atoms with E-state index in [1.165, 1.54) is 36.4 Å². The highest BCUT2D eigenvalue weighted by molar-refractivity contribution is 5.93. The molecule has 0 spiro atoms.